The molecular formula is C20H25ClF2N6. The van der Waals surface area contributed by atoms with E-state index in [9.17, 15) is 8.78 Å². The van der Waals surface area contributed by atoms with E-state index in [1.807, 2.05) is 4.90 Å². The maximum absolute atomic E-state index is 14.8. The van der Waals surface area contributed by atoms with Gasteiger partial charge in [-0.2, -0.15) is 5.10 Å². The van der Waals surface area contributed by atoms with Gasteiger partial charge in [0, 0.05) is 13.1 Å². The molecule has 1 aromatic carbocycles. The minimum absolute atomic E-state index is 0. The Kier molecular flexibility index (Phi) is 6.64. The van der Waals surface area contributed by atoms with Crippen molar-refractivity contribution in [2.75, 3.05) is 25.0 Å². The molecule has 1 aliphatic rings. The largest absolute Gasteiger partial charge is 0.360 e. The van der Waals surface area contributed by atoms with E-state index >= 15 is 0 Å². The summed E-state index contributed by atoms with van der Waals surface area (Å²) in [6.45, 7) is 3.12. The first-order valence-electron chi connectivity index (χ1n) is 9.64. The summed E-state index contributed by atoms with van der Waals surface area (Å²) in [7, 11) is 0. The summed E-state index contributed by atoms with van der Waals surface area (Å²) in [5, 5.41) is 10.2. The van der Waals surface area contributed by atoms with Gasteiger partial charge in [0.1, 0.15) is 12.1 Å². The Morgan fingerprint density at radius 1 is 1.21 bits per heavy atom. The number of piperidine rings is 1. The Balaban J connectivity index is 0.00000240. The summed E-state index contributed by atoms with van der Waals surface area (Å²) in [5.41, 5.74) is 3.01. The molecule has 29 heavy (non-hydrogen) atoms. The molecule has 3 heterocycles. The molecule has 0 unspecified atom stereocenters. The number of anilines is 1. The molecule has 0 saturated carbocycles. The molecule has 2 N–H and O–H groups in total. The highest BCUT2D eigenvalue weighted by molar-refractivity contribution is 5.86. The van der Waals surface area contributed by atoms with E-state index < -0.39 is 12.0 Å². The molecule has 1 saturated heterocycles. The lowest BCUT2D eigenvalue weighted by atomic mass is 9.99. The van der Waals surface area contributed by atoms with Crippen LogP contribution < -0.4 is 5.32 Å². The van der Waals surface area contributed by atoms with Gasteiger partial charge in [-0.1, -0.05) is 31.2 Å². The zero-order valence-electron chi connectivity index (χ0n) is 16.2. The molecule has 0 amide bonds. The van der Waals surface area contributed by atoms with Gasteiger partial charge >= 0.3 is 0 Å². The number of halogens is 3. The summed E-state index contributed by atoms with van der Waals surface area (Å²) in [4.78, 5) is 10.0. The van der Waals surface area contributed by atoms with Gasteiger partial charge in [-0.3, -0.25) is 10.00 Å². The average Bonchev–Trinajstić information content (AvgIpc) is 3.18. The van der Waals surface area contributed by atoms with Crippen molar-refractivity contribution in [2.24, 2.45) is 0 Å². The van der Waals surface area contributed by atoms with E-state index in [4.69, 9.17) is 0 Å². The molecule has 1 aliphatic heterocycles. The van der Waals surface area contributed by atoms with Gasteiger partial charge < -0.3 is 5.32 Å². The van der Waals surface area contributed by atoms with E-state index in [1.165, 1.54) is 17.5 Å². The van der Waals surface area contributed by atoms with E-state index in [-0.39, 0.29) is 19.0 Å². The Hall–Kier alpha value is -2.32. The molecule has 3 aromatic rings. The summed E-state index contributed by atoms with van der Waals surface area (Å²) in [6.07, 6.45) is 5.03. The van der Waals surface area contributed by atoms with Crippen LogP contribution in [0.5, 0.6) is 0 Å². The SMILES string of the molecule is CCc1ccc(CCN2CC[C@@H](Nc3ncnc4[nH]ncc34)C(F)(F)C2)cc1.Cl. The smallest absolute Gasteiger partial charge is 0.280 e. The number of likely N-dealkylation sites (tertiary alicyclic amines) is 1. The van der Waals surface area contributed by atoms with E-state index in [0.29, 0.717) is 36.4 Å². The lowest BCUT2D eigenvalue weighted by molar-refractivity contribution is -0.0734. The van der Waals surface area contributed by atoms with Gasteiger partial charge in [-0.25, -0.2) is 18.7 Å². The number of nitrogens with one attached hydrogen (secondary N) is 2. The first-order chi connectivity index (χ1) is 13.5. The van der Waals surface area contributed by atoms with Crippen LogP contribution in [-0.4, -0.2) is 56.7 Å². The molecule has 1 fully saturated rings. The van der Waals surface area contributed by atoms with Crippen molar-refractivity contribution < 1.29 is 8.78 Å². The van der Waals surface area contributed by atoms with Crippen LogP contribution in [-0.2, 0) is 12.8 Å². The van der Waals surface area contributed by atoms with Gasteiger partial charge in [-0.05, 0) is 30.4 Å². The monoisotopic (exact) mass is 422 g/mol. The van der Waals surface area contributed by atoms with Crippen LogP contribution in [0.25, 0.3) is 11.0 Å². The number of fused-ring (bicyclic) bond motifs is 1. The Labute approximate surface area is 174 Å². The number of benzene rings is 1. The normalized spacial score (nSPS) is 19.1. The minimum atomic E-state index is -2.84. The summed E-state index contributed by atoms with van der Waals surface area (Å²) in [5.74, 6) is -2.45. The van der Waals surface area contributed by atoms with Crippen LogP contribution >= 0.6 is 12.4 Å². The highest BCUT2D eigenvalue weighted by Gasteiger charge is 2.44. The second kappa shape index (κ2) is 9.00. The number of aryl methyl sites for hydroxylation is 1. The van der Waals surface area contributed by atoms with Crippen molar-refractivity contribution >= 4 is 29.3 Å². The predicted octanol–water partition coefficient (Wildman–Crippen LogP) is 3.70. The Morgan fingerprint density at radius 2 is 1.97 bits per heavy atom. The van der Waals surface area contributed by atoms with Gasteiger partial charge in [0.15, 0.2) is 5.65 Å². The standard InChI is InChI=1S/C20H24F2N6.ClH/c1-2-14-3-5-15(6-4-14)7-9-28-10-8-17(20(21,22)12-28)26-18-16-11-25-27-19(16)24-13-23-18;/h3-6,11,13,17H,2,7-10,12H2,1H3,(H2,23,24,25,26,27);1H/t17-;/m1./s1. The van der Waals surface area contributed by atoms with E-state index in [1.54, 1.807) is 6.20 Å². The van der Waals surface area contributed by atoms with Crippen molar-refractivity contribution in [1.82, 2.24) is 25.1 Å². The lowest BCUT2D eigenvalue weighted by Crippen LogP contribution is -2.54. The number of aromatic nitrogens is 4. The van der Waals surface area contributed by atoms with E-state index in [2.05, 4.69) is 56.7 Å². The van der Waals surface area contributed by atoms with Crippen molar-refractivity contribution in [3.63, 3.8) is 0 Å². The lowest BCUT2D eigenvalue weighted by Gasteiger charge is -2.38. The number of H-pyrrole nitrogens is 1. The van der Waals surface area contributed by atoms with Crippen molar-refractivity contribution in [3.05, 3.63) is 47.9 Å². The fourth-order valence-corrected chi connectivity index (χ4v) is 3.65. The van der Waals surface area contributed by atoms with Crippen LogP contribution in [0.4, 0.5) is 14.6 Å². The number of aromatic amines is 1. The van der Waals surface area contributed by atoms with Crippen LogP contribution in [0, 0.1) is 0 Å². The second-order valence-corrected chi connectivity index (χ2v) is 7.30. The number of hydrogen-bond donors (Lipinski definition) is 2. The summed E-state index contributed by atoms with van der Waals surface area (Å²) >= 11 is 0. The van der Waals surface area contributed by atoms with Gasteiger partial charge in [0.05, 0.1) is 24.2 Å². The highest BCUT2D eigenvalue weighted by atomic mass is 35.5. The minimum Gasteiger partial charge on any atom is -0.360 e. The molecular weight excluding hydrogens is 398 g/mol. The van der Waals surface area contributed by atoms with E-state index in [0.717, 1.165) is 12.8 Å². The number of rotatable bonds is 6. The number of nitrogens with zero attached hydrogens (tertiary/aromatic N) is 4. The Bertz CT molecular complexity index is 930. The summed E-state index contributed by atoms with van der Waals surface area (Å²) < 4.78 is 29.6. The fourth-order valence-electron chi connectivity index (χ4n) is 3.65. The van der Waals surface area contributed by atoms with Crippen LogP contribution in [0.15, 0.2) is 36.8 Å². The maximum atomic E-state index is 14.8. The van der Waals surface area contributed by atoms with Gasteiger partial charge in [-0.15, -0.1) is 12.4 Å². The highest BCUT2D eigenvalue weighted by Crippen LogP contribution is 2.31. The molecule has 2 aromatic heterocycles. The third kappa shape index (κ3) is 4.82. The first kappa shape index (κ1) is 21.4. The summed E-state index contributed by atoms with van der Waals surface area (Å²) in [6, 6.07) is 7.45. The fraction of sp³-hybridized carbons (Fsp3) is 0.450. The topological polar surface area (TPSA) is 69.7 Å². The van der Waals surface area contributed by atoms with Crippen LogP contribution in [0.3, 0.4) is 0 Å². The van der Waals surface area contributed by atoms with Crippen molar-refractivity contribution in [3.8, 4) is 0 Å². The van der Waals surface area contributed by atoms with Crippen molar-refractivity contribution in [1.29, 1.82) is 0 Å². The van der Waals surface area contributed by atoms with Gasteiger partial charge in [0.25, 0.3) is 5.92 Å². The molecule has 0 bridgehead atoms. The molecule has 0 aliphatic carbocycles. The molecule has 6 nitrogen and oxygen atoms in total. The third-order valence-electron chi connectivity index (χ3n) is 5.39. The molecule has 4 rings (SSSR count). The first-order valence-corrected chi connectivity index (χ1v) is 9.64. The average molecular weight is 423 g/mol. The number of hydrogen-bond acceptors (Lipinski definition) is 5. The predicted molar refractivity (Wildman–Crippen MR) is 112 cm³/mol. The molecule has 1 atom stereocenters. The molecule has 156 valence electrons. The zero-order chi connectivity index (χ0) is 19.6. The molecule has 9 heteroatoms. The quantitative estimate of drug-likeness (QED) is 0.633. The van der Waals surface area contributed by atoms with Crippen LogP contribution in [0.2, 0.25) is 0 Å². The third-order valence-corrected chi connectivity index (χ3v) is 5.39. The maximum Gasteiger partial charge on any atom is 0.280 e. The molecule has 0 spiro atoms. The van der Waals surface area contributed by atoms with Gasteiger partial charge in [0.2, 0.25) is 0 Å². The van der Waals surface area contributed by atoms with Crippen LogP contribution in [0.1, 0.15) is 24.5 Å². The Morgan fingerprint density at radius 3 is 2.69 bits per heavy atom. The second-order valence-electron chi connectivity index (χ2n) is 7.30. The van der Waals surface area contributed by atoms with Crippen molar-refractivity contribution in [2.45, 2.75) is 38.2 Å². The number of alkyl halides is 2. The molecule has 0 radical (unpaired) electrons. The zero-order valence-corrected chi connectivity index (χ0v) is 17.1.